The van der Waals surface area contributed by atoms with Crippen LogP contribution in [-0.4, -0.2) is 99.0 Å². The van der Waals surface area contributed by atoms with Gasteiger partial charge in [-0.15, -0.1) is 0 Å². The molecule has 0 saturated carbocycles. The van der Waals surface area contributed by atoms with Gasteiger partial charge in [-0.05, 0) is 0 Å². The molecule has 39 heavy (non-hydrogen) atoms. The van der Waals surface area contributed by atoms with Crippen molar-refractivity contribution in [2.24, 2.45) is 0 Å². The summed E-state index contributed by atoms with van der Waals surface area (Å²) in [5.41, 5.74) is 0. The molecular weight excluding hydrogens is 846 g/mol. The van der Waals surface area contributed by atoms with Crippen LogP contribution in [0.4, 0.5) is 0 Å². The van der Waals surface area contributed by atoms with Gasteiger partial charge >= 0.3 is 250 Å². The first kappa shape index (κ1) is 34.0. The first-order valence-corrected chi connectivity index (χ1v) is 20.2. The first-order chi connectivity index (χ1) is 18.5. The Morgan fingerprint density at radius 3 is 0.692 bits per heavy atom. The van der Waals surface area contributed by atoms with E-state index in [1.165, 1.54) is 18.2 Å². The zero-order valence-electron chi connectivity index (χ0n) is 20.2. The van der Waals surface area contributed by atoms with Crippen LogP contribution in [0.1, 0.15) is 0 Å². The Kier molecular flexibility index (Phi) is 15.2. The third-order valence-electron chi connectivity index (χ3n) is 3.56. The molecule has 0 unspecified atom stereocenters. The molecule has 0 saturated heterocycles. The van der Waals surface area contributed by atoms with E-state index >= 15 is 0 Å². The van der Waals surface area contributed by atoms with E-state index in [0.717, 1.165) is 36.5 Å². The van der Waals surface area contributed by atoms with Crippen molar-refractivity contribution in [2.45, 2.75) is 0 Å². The monoisotopic (exact) mass is 864 g/mol. The third kappa shape index (κ3) is 11.7. The van der Waals surface area contributed by atoms with Gasteiger partial charge in [-0.1, -0.05) is 0 Å². The second kappa shape index (κ2) is 17.5. The van der Waals surface area contributed by atoms with E-state index in [0.29, 0.717) is 0 Å². The second-order valence-corrected chi connectivity index (χ2v) is 18.1. The Morgan fingerprint density at radius 1 is 0.410 bits per heavy atom. The maximum atomic E-state index is 12.0. The number of benzene rings is 1. The third-order valence-corrected chi connectivity index (χ3v) is 15.3. The average molecular weight is 867 g/mol. The quantitative estimate of drug-likeness (QED) is 0.159. The molecule has 0 aliphatic rings. The van der Waals surface area contributed by atoms with Crippen LogP contribution in [0.2, 0.25) is 0 Å². The molecule has 0 heterocycles. The number of carbonyl (C=O) groups is 6. The molecule has 0 aromatic heterocycles. The van der Waals surface area contributed by atoms with E-state index in [1.807, 2.05) is 0 Å². The molecule has 0 aliphatic carbocycles. The molecule has 1 aromatic carbocycles. The van der Waals surface area contributed by atoms with Gasteiger partial charge in [-0.25, -0.2) is 0 Å². The predicted molar refractivity (Wildman–Crippen MR) is 140 cm³/mol. The van der Waals surface area contributed by atoms with Gasteiger partial charge in [0.15, 0.2) is 0 Å². The van der Waals surface area contributed by atoms with Gasteiger partial charge in [0.25, 0.3) is 0 Å². The Hall–Kier alpha value is -3.07. The van der Waals surface area contributed by atoms with Gasteiger partial charge in [0.2, 0.25) is 0 Å². The molecule has 0 atom stereocenters. The summed E-state index contributed by atoms with van der Waals surface area (Å²) in [6.45, 7) is 19.9. The predicted octanol–water partition coefficient (Wildman–Crippen LogP) is -0.853. The van der Waals surface area contributed by atoms with Crippen molar-refractivity contribution in [1.82, 2.24) is 0 Å². The van der Waals surface area contributed by atoms with Crippen LogP contribution in [-0.2, 0) is 46.9 Å². The molecular formula is C24H21O12Sb3. The first-order valence-electron chi connectivity index (χ1n) is 10.1. The van der Waals surface area contributed by atoms with Crippen LogP contribution in [0.25, 0.3) is 0 Å². The molecule has 0 bridgehead atoms. The zero-order chi connectivity index (χ0) is 29.5. The molecule has 0 aliphatic heterocycles. The molecule has 0 N–H and O–H groups in total. The molecule has 1 rings (SSSR count). The van der Waals surface area contributed by atoms with Crippen LogP contribution in [0, 0.1) is 0 Å². The number of carbonyl (C=O) groups excluding carboxylic acids is 6. The fourth-order valence-electron chi connectivity index (χ4n) is 1.98. The maximum absolute atomic E-state index is 12.0. The summed E-state index contributed by atoms with van der Waals surface area (Å²) in [4.78, 5) is 72.2. The van der Waals surface area contributed by atoms with Crippen molar-refractivity contribution in [1.29, 1.82) is 0 Å². The van der Waals surface area contributed by atoms with E-state index in [1.54, 1.807) is 0 Å². The minimum atomic E-state index is -4.04. The van der Waals surface area contributed by atoms with E-state index in [-0.39, 0.29) is 10.5 Å². The average Bonchev–Trinajstić information content (AvgIpc) is 2.94. The van der Waals surface area contributed by atoms with Gasteiger partial charge in [0, 0.05) is 0 Å². The summed E-state index contributed by atoms with van der Waals surface area (Å²) in [7, 11) is 0. The topological polar surface area (TPSA) is 158 Å². The SMILES string of the molecule is C=CC(=O)[O][Sb]([O]C(=O)C=C)[c]1c[c]([Sb]([O]C(=O)C=C)[O]C(=O)C=C)c[c]([Sb]([O]C(=O)C=C)[O]C(=O)C=C)c1. The molecule has 15 heteroatoms. The van der Waals surface area contributed by atoms with Crippen LogP contribution >= 0.6 is 0 Å². The second-order valence-electron chi connectivity index (χ2n) is 6.17. The van der Waals surface area contributed by atoms with Gasteiger partial charge in [-0.3, -0.25) is 0 Å². The van der Waals surface area contributed by atoms with Crippen molar-refractivity contribution in [2.75, 3.05) is 0 Å². The molecule has 1 aromatic rings. The zero-order valence-corrected chi connectivity index (χ0v) is 27.8. The van der Waals surface area contributed by atoms with E-state index < -0.39 is 99.0 Å². The van der Waals surface area contributed by atoms with Crippen molar-refractivity contribution in [3.63, 3.8) is 0 Å². The molecule has 0 spiro atoms. The summed E-state index contributed by atoms with van der Waals surface area (Å²) in [6, 6.07) is 4.04. The van der Waals surface area contributed by atoms with Crippen molar-refractivity contribution in [3.8, 4) is 0 Å². The van der Waals surface area contributed by atoms with E-state index in [4.69, 9.17) is 18.1 Å². The van der Waals surface area contributed by atoms with E-state index in [2.05, 4.69) is 39.5 Å². The van der Waals surface area contributed by atoms with Gasteiger partial charge in [0.1, 0.15) is 0 Å². The Labute approximate surface area is 248 Å². The van der Waals surface area contributed by atoms with Gasteiger partial charge in [-0.2, -0.15) is 0 Å². The van der Waals surface area contributed by atoms with Crippen molar-refractivity contribution < 1.29 is 46.9 Å². The molecule has 12 nitrogen and oxygen atoms in total. The molecule has 0 amide bonds. The summed E-state index contributed by atoms with van der Waals surface area (Å²) in [6.07, 6.45) is 5.08. The fourth-order valence-corrected chi connectivity index (χ4v) is 15.1. The fraction of sp³-hybridized carbons (Fsp3) is 0. The standard InChI is InChI=1S/C6H3.6C3H4O2.3Sb/c1-2-4-6-5-3-1;6*1-2-3(4)5;;;/h1,4-5H;6*2H,1H2,(H,4,5);;;/q;;;;;;;3*+2/p-6. The van der Waals surface area contributed by atoms with Crippen LogP contribution in [0.3, 0.4) is 0 Å². The van der Waals surface area contributed by atoms with Gasteiger partial charge < -0.3 is 0 Å². The molecule has 0 fully saturated rings. The Balaban J connectivity index is 3.94. The molecule has 204 valence electrons. The number of rotatable bonds is 15. The number of hydrogen-bond acceptors (Lipinski definition) is 12. The van der Waals surface area contributed by atoms with Crippen LogP contribution in [0.15, 0.2) is 94.1 Å². The summed E-state index contributed by atoms with van der Waals surface area (Å²) >= 11 is -12.1. The van der Waals surface area contributed by atoms with Crippen molar-refractivity contribution in [3.05, 3.63) is 94.1 Å². The minimum absolute atomic E-state index is 0.105. The van der Waals surface area contributed by atoms with Crippen molar-refractivity contribution >= 4 is 109 Å². The normalized spacial score (nSPS) is 9.92. The van der Waals surface area contributed by atoms with Gasteiger partial charge in [0.05, 0.1) is 0 Å². The Morgan fingerprint density at radius 2 is 0.564 bits per heavy atom. The summed E-state index contributed by atoms with van der Waals surface area (Å²) in [5, 5.41) is 0. The van der Waals surface area contributed by atoms with Crippen LogP contribution in [0.5, 0.6) is 0 Å². The Bertz CT molecular complexity index is 997. The van der Waals surface area contributed by atoms with E-state index in [9.17, 15) is 28.8 Å². The summed E-state index contributed by atoms with van der Waals surface area (Å²) < 4.78 is 32.2. The number of hydrogen-bond donors (Lipinski definition) is 0. The van der Waals surface area contributed by atoms with Crippen LogP contribution < -0.4 is 10.5 Å². The molecule has 0 radical (unpaired) electrons. The summed E-state index contributed by atoms with van der Waals surface area (Å²) in [5.74, 6) is -5.47.